The second-order valence-electron chi connectivity index (χ2n) is 4.74. The van der Waals surface area contributed by atoms with Gasteiger partial charge in [-0.25, -0.2) is 0 Å². The summed E-state index contributed by atoms with van der Waals surface area (Å²) in [4.78, 5) is 11.8. The third-order valence-corrected chi connectivity index (χ3v) is 2.90. The number of carbonyl (C=O) groups excluding carboxylic acids is 1. The lowest BCUT2D eigenvalue weighted by atomic mass is 10.2. The van der Waals surface area contributed by atoms with Crippen LogP contribution in [0, 0.1) is 6.92 Å². The van der Waals surface area contributed by atoms with Crippen molar-refractivity contribution in [3.05, 3.63) is 23.8 Å². The number of anilines is 2. The summed E-state index contributed by atoms with van der Waals surface area (Å²) in [5, 5.41) is 6.10. The highest BCUT2D eigenvalue weighted by Crippen LogP contribution is 2.21. The Balaban J connectivity index is 1.96. The number of nitrogen functional groups attached to an aromatic ring is 1. The molecule has 0 bridgehead atoms. The van der Waals surface area contributed by atoms with Gasteiger partial charge in [-0.15, -0.1) is 0 Å². The fourth-order valence-electron chi connectivity index (χ4n) is 1.67. The highest BCUT2D eigenvalue weighted by molar-refractivity contribution is 5.85. The van der Waals surface area contributed by atoms with Gasteiger partial charge in [0, 0.05) is 6.04 Å². The van der Waals surface area contributed by atoms with Crippen molar-refractivity contribution in [2.24, 2.45) is 0 Å². The van der Waals surface area contributed by atoms with Crippen molar-refractivity contribution >= 4 is 17.3 Å². The predicted octanol–water partition coefficient (Wildman–Crippen LogP) is 1.66. The molecular formula is C13H19N3O. The molecule has 1 unspecified atom stereocenters. The fourth-order valence-corrected chi connectivity index (χ4v) is 1.67. The molecule has 1 amide bonds. The summed E-state index contributed by atoms with van der Waals surface area (Å²) >= 11 is 0. The zero-order chi connectivity index (χ0) is 12.4. The van der Waals surface area contributed by atoms with Crippen molar-refractivity contribution < 1.29 is 4.79 Å². The molecule has 1 saturated carbocycles. The molecule has 1 atom stereocenters. The van der Waals surface area contributed by atoms with Gasteiger partial charge in [0.05, 0.1) is 11.4 Å². The van der Waals surface area contributed by atoms with E-state index >= 15 is 0 Å². The summed E-state index contributed by atoms with van der Waals surface area (Å²) in [5.41, 5.74) is 8.49. The van der Waals surface area contributed by atoms with Crippen LogP contribution in [0.3, 0.4) is 0 Å². The van der Waals surface area contributed by atoms with Crippen LogP contribution in [0.25, 0.3) is 0 Å². The average molecular weight is 233 g/mol. The number of hydrogen-bond donors (Lipinski definition) is 3. The number of nitrogens with two attached hydrogens (primary N) is 1. The summed E-state index contributed by atoms with van der Waals surface area (Å²) in [5.74, 6) is 0.0347. The quantitative estimate of drug-likeness (QED) is 0.693. The maximum Gasteiger partial charge on any atom is 0.242 e. The number of rotatable bonds is 4. The molecule has 0 aliphatic heterocycles. The van der Waals surface area contributed by atoms with Gasteiger partial charge < -0.3 is 16.4 Å². The molecule has 1 fully saturated rings. The van der Waals surface area contributed by atoms with Gasteiger partial charge in [0.15, 0.2) is 0 Å². The van der Waals surface area contributed by atoms with Gasteiger partial charge in [-0.3, -0.25) is 4.79 Å². The lowest BCUT2D eigenvalue weighted by Gasteiger charge is -2.16. The smallest absolute Gasteiger partial charge is 0.242 e. The van der Waals surface area contributed by atoms with Crippen LogP contribution < -0.4 is 16.4 Å². The van der Waals surface area contributed by atoms with Crippen molar-refractivity contribution in [3.8, 4) is 0 Å². The van der Waals surface area contributed by atoms with Crippen LogP contribution in [-0.4, -0.2) is 18.0 Å². The largest absolute Gasteiger partial charge is 0.397 e. The first kappa shape index (κ1) is 11.8. The van der Waals surface area contributed by atoms with E-state index in [-0.39, 0.29) is 11.9 Å². The molecule has 0 aromatic heterocycles. The van der Waals surface area contributed by atoms with Crippen molar-refractivity contribution in [2.45, 2.75) is 38.8 Å². The summed E-state index contributed by atoms with van der Waals surface area (Å²) in [6.07, 6.45) is 2.20. The zero-order valence-electron chi connectivity index (χ0n) is 10.3. The van der Waals surface area contributed by atoms with Crippen LogP contribution in [0.4, 0.5) is 11.4 Å². The molecular weight excluding hydrogens is 214 g/mol. The highest BCUT2D eigenvalue weighted by atomic mass is 16.2. The Hall–Kier alpha value is -1.71. The van der Waals surface area contributed by atoms with Gasteiger partial charge in [-0.1, -0.05) is 6.07 Å². The minimum absolute atomic E-state index is 0.0347. The van der Waals surface area contributed by atoms with E-state index in [1.165, 1.54) is 0 Å². The van der Waals surface area contributed by atoms with Crippen molar-refractivity contribution in [1.29, 1.82) is 0 Å². The van der Waals surface area contributed by atoms with E-state index in [1.54, 1.807) is 0 Å². The van der Waals surface area contributed by atoms with Crippen molar-refractivity contribution in [1.82, 2.24) is 5.32 Å². The van der Waals surface area contributed by atoms with Gasteiger partial charge in [-0.05, 0) is 44.4 Å². The number of hydrogen-bond acceptors (Lipinski definition) is 3. The summed E-state index contributed by atoms with van der Waals surface area (Å²) in [7, 11) is 0. The van der Waals surface area contributed by atoms with E-state index in [4.69, 9.17) is 5.73 Å². The minimum Gasteiger partial charge on any atom is -0.397 e. The Morgan fingerprint density at radius 3 is 2.76 bits per heavy atom. The van der Waals surface area contributed by atoms with Crippen LogP contribution in [-0.2, 0) is 4.79 Å². The van der Waals surface area contributed by atoms with Gasteiger partial charge >= 0.3 is 0 Å². The number of nitrogens with one attached hydrogen (secondary N) is 2. The Bertz CT molecular complexity index is 427. The van der Waals surface area contributed by atoms with Gasteiger partial charge in [0.2, 0.25) is 5.91 Å². The topological polar surface area (TPSA) is 67.2 Å². The van der Waals surface area contributed by atoms with Crippen LogP contribution in [0.1, 0.15) is 25.3 Å². The normalized spacial score (nSPS) is 16.4. The first-order valence-electron chi connectivity index (χ1n) is 5.99. The monoisotopic (exact) mass is 233 g/mol. The molecule has 92 valence electrons. The molecule has 0 saturated heterocycles. The Morgan fingerprint density at radius 2 is 2.18 bits per heavy atom. The fraction of sp³-hybridized carbons (Fsp3) is 0.462. The number of benzene rings is 1. The van der Waals surface area contributed by atoms with Crippen molar-refractivity contribution in [2.75, 3.05) is 11.1 Å². The van der Waals surface area contributed by atoms with Gasteiger partial charge in [-0.2, -0.15) is 0 Å². The number of aryl methyl sites for hydroxylation is 1. The predicted molar refractivity (Wildman–Crippen MR) is 69.8 cm³/mol. The van der Waals surface area contributed by atoms with Crippen LogP contribution in [0.2, 0.25) is 0 Å². The lowest BCUT2D eigenvalue weighted by molar-refractivity contribution is -0.121. The highest BCUT2D eigenvalue weighted by Gasteiger charge is 2.25. The molecule has 4 N–H and O–H groups in total. The van der Waals surface area contributed by atoms with Gasteiger partial charge in [0.1, 0.15) is 6.04 Å². The summed E-state index contributed by atoms with van der Waals surface area (Å²) in [6, 6.07) is 5.91. The minimum atomic E-state index is -0.263. The summed E-state index contributed by atoms with van der Waals surface area (Å²) < 4.78 is 0. The van der Waals surface area contributed by atoms with Crippen LogP contribution in [0.15, 0.2) is 18.2 Å². The third-order valence-electron chi connectivity index (χ3n) is 2.90. The SMILES string of the molecule is Cc1ccc(NC(C)C(=O)NC2CC2)c(N)c1. The van der Waals surface area contributed by atoms with Crippen LogP contribution in [0.5, 0.6) is 0 Å². The van der Waals surface area contributed by atoms with Crippen LogP contribution >= 0.6 is 0 Å². The van der Waals surface area contributed by atoms with E-state index in [0.29, 0.717) is 11.7 Å². The first-order chi connectivity index (χ1) is 8.06. The Kier molecular flexibility index (Phi) is 3.22. The third kappa shape index (κ3) is 3.12. The molecule has 1 aliphatic carbocycles. The van der Waals surface area contributed by atoms with E-state index in [0.717, 1.165) is 24.1 Å². The molecule has 1 aliphatic rings. The molecule has 0 radical (unpaired) electrons. The van der Waals surface area contributed by atoms with Crippen molar-refractivity contribution in [3.63, 3.8) is 0 Å². The summed E-state index contributed by atoms with van der Waals surface area (Å²) in [6.45, 7) is 3.83. The molecule has 17 heavy (non-hydrogen) atoms. The second-order valence-corrected chi connectivity index (χ2v) is 4.74. The van der Waals surface area contributed by atoms with E-state index in [9.17, 15) is 4.79 Å². The average Bonchev–Trinajstić information content (AvgIpc) is 3.06. The Labute approximate surface area is 102 Å². The molecule has 0 spiro atoms. The molecule has 0 heterocycles. The molecule has 1 aromatic carbocycles. The number of carbonyl (C=O) groups is 1. The zero-order valence-corrected chi connectivity index (χ0v) is 10.3. The maximum absolute atomic E-state index is 11.8. The van der Waals surface area contributed by atoms with E-state index in [1.807, 2.05) is 32.0 Å². The first-order valence-corrected chi connectivity index (χ1v) is 5.99. The standard InChI is InChI=1S/C13H19N3O/c1-8-3-6-12(11(14)7-8)15-9(2)13(17)16-10-4-5-10/h3,6-7,9-10,15H,4-5,14H2,1-2H3,(H,16,17). The maximum atomic E-state index is 11.8. The lowest BCUT2D eigenvalue weighted by Crippen LogP contribution is -2.38. The molecule has 4 nitrogen and oxygen atoms in total. The van der Waals surface area contributed by atoms with E-state index < -0.39 is 0 Å². The molecule has 2 rings (SSSR count). The number of amides is 1. The molecule has 1 aromatic rings. The Morgan fingerprint density at radius 1 is 1.47 bits per heavy atom. The second kappa shape index (κ2) is 4.65. The van der Waals surface area contributed by atoms with Gasteiger partial charge in [0.25, 0.3) is 0 Å². The van der Waals surface area contributed by atoms with E-state index in [2.05, 4.69) is 10.6 Å². The molecule has 4 heteroatoms.